The number of anilines is 1. The number of amides is 3. The lowest BCUT2D eigenvalue weighted by atomic mass is 10.2. The predicted molar refractivity (Wildman–Crippen MR) is 80.5 cm³/mol. The number of hydrogen-bond donors (Lipinski definition) is 1. The van der Waals surface area contributed by atoms with Gasteiger partial charge < -0.3 is 19.9 Å². The smallest absolute Gasteiger partial charge is 0.233 e. The second-order valence-electron chi connectivity index (χ2n) is 4.95. The van der Waals surface area contributed by atoms with Crippen LogP contribution in [-0.2, 0) is 14.4 Å². The van der Waals surface area contributed by atoms with E-state index in [0.29, 0.717) is 37.6 Å². The minimum absolute atomic E-state index is 0.223. The number of nitrogens with one attached hydrogen (secondary N) is 1. The molecule has 0 aliphatic carbocycles. The quantitative estimate of drug-likeness (QED) is 0.628. The zero-order valence-corrected chi connectivity index (χ0v) is 12.4. The number of benzene rings is 1. The van der Waals surface area contributed by atoms with Crippen LogP contribution in [0.15, 0.2) is 24.3 Å². The summed E-state index contributed by atoms with van der Waals surface area (Å²) in [4.78, 5) is 37.9. The van der Waals surface area contributed by atoms with E-state index in [-0.39, 0.29) is 18.2 Å². The Morgan fingerprint density at radius 3 is 2.55 bits per heavy atom. The molecule has 1 aromatic rings. The van der Waals surface area contributed by atoms with E-state index in [2.05, 4.69) is 5.32 Å². The van der Waals surface area contributed by atoms with Crippen LogP contribution in [-0.4, -0.2) is 61.3 Å². The van der Waals surface area contributed by atoms with Gasteiger partial charge in [0.25, 0.3) is 0 Å². The number of ether oxygens (including phenoxy) is 1. The van der Waals surface area contributed by atoms with Crippen LogP contribution < -0.4 is 10.1 Å². The van der Waals surface area contributed by atoms with Crippen molar-refractivity contribution in [1.29, 1.82) is 0 Å². The molecule has 0 spiro atoms. The molecule has 118 valence electrons. The highest BCUT2D eigenvalue weighted by Gasteiger charge is 2.22. The Hall–Kier alpha value is -2.57. The lowest BCUT2D eigenvalue weighted by Crippen LogP contribution is -2.48. The van der Waals surface area contributed by atoms with Crippen molar-refractivity contribution in [3.05, 3.63) is 24.3 Å². The zero-order valence-electron chi connectivity index (χ0n) is 12.4. The third-order valence-corrected chi connectivity index (χ3v) is 3.51. The highest BCUT2D eigenvalue weighted by atomic mass is 16.5. The van der Waals surface area contributed by atoms with E-state index >= 15 is 0 Å². The largest absolute Gasteiger partial charge is 0.495 e. The number of rotatable bonds is 5. The van der Waals surface area contributed by atoms with Crippen LogP contribution in [0.2, 0.25) is 0 Å². The Labute approximate surface area is 128 Å². The number of methoxy groups -OCH3 is 1. The van der Waals surface area contributed by atoms with E-state index in [9.17, 15) is 14.4 Å². The molecule has 7 heteroatoms. The van der Waals surface area contributed by atoms with Gasteiger partial charge in [0, 0.05) is 26.2 Å². The second kappa shape index (κ2) is 7.44. The van der Waals surface area contributed by atoms with Gasteiger partial charge in [0.15, 0.2) is 0 Å². The fourth-order valence-corrected chi connectivity index (χ4v) is 2.27. The lowest BCUT2D eigenvalue weighted by molar-refractivity contribution is -0.137. The van der Waals surface area contributed by atoms with E-state index in [4.69, 9.17) is 4.74 Å². The van der Waals surface area contributed by atoms with Crippen molar-refractivity contribution in [2.24, 2.45) is 0 Å². The molecule has 1 aliphatic rings. The Morgan fingerprint density at radius 2 is 1.91 bits per heavy atom. The molecule has 2 rings (SSSR count). The summed E-state index contributed by atoms with van der Waals surface area (Å²) in [6.07, 6.45) is 0.551. The monoisotopic (exact) mass is 305 g/mol. The van der Waals surface area contributed by atoms with Gasteiger partial charge in [-0.15, -0.1) is 0 Å². The van der Waals surface area contributed by atoms with Crippen molar-refractivity contribution in [3.8, 4) is 5.75 Å². The average Bonchev–Trinajstić information content (AvgIpc) is 2.55. The Balaban J connectivity index is 1.86. The molecule has 1 saturated heterocycles. The van der Waals surface area contributed by atoms with Gasteiger partial charge >= 0.3 is 0 Å². The van der Waals surface area contributed by atoms with Crippen LogP contribution in [0.3, 0.4) is 0 Å². The van der Waals surface area contributed by atoms with Crippen LogP contribution >= 0.6 is 0 Å². The van der Waals surface area contributed by atoms with Crippen molar-refractivity contribution in [2.45, 2.75) is 6.42 Å². The summed E-state index contributed by atoms with van der Waals surface area (Å²) >= 11 is 0. The summed E-state index contributed by atoms with van der Waals surface area (Å²) in [7, 11) is 1.52. The first kappa shape index (κ1) is 15.8. The van der Waals surface area contributed by atoms with E-state index < -0.39 is 0 Å². The molecule has 1 aromatic carbocycles. The van der Waals surface area contributed by atoms with Gasteiger partial charge in [-0.25, -0.2) is 0 Å². The molecule has 0 unspecified atom stereocenters. The lowest BCUT2D eigenvalue weighted by Gasteiger charge is -2.32. The number of carbonyl (C=O) groups is 3. The first-order valence-corrected chi connectivity index (χ1v) is 7.04. The SMILES string of the molecule is COc1ccccc1NC(=O)CC(=O)N1CCN(C=O)CC1. The summed E-state index contributed by atoms with van der Waals surface area (Å²) in [5.41, 5.74) is 0.536. The highest BCUT2D eigenvalue weighted by molar-refractivity contribution is 6.04. The van der Waals surface area contributed by atoms with Gasteiger partial charge in [-0.3, -0.25) is 14.4 Å². The molecule has 0 atom stereocenters. The van der Waals surface area contributed by atoms with E-state index in [0.717, 1.165) is 6.41 Å². The minimum Gasteiger partial charge on any atom is -0.495 e. The zero-order chi connectivity index (χ0) is 15.9. The summed E-state index contributed by atoms with van der Waals surface area (Å²) < 4.78 is 5.14. The number of carbonyl (C=O) groups excluding carboxylic acids is 3. The maximum Gasteiger partial charge on any atom is 0.233 e. The molecule has 1 aliphatic heterocycles. The van der Waals surface area contributed by atoms with Gasteiger partial charge in [-0.05, 0) is 12.1 Å². The predicted octanol–water partition coefficient (Wildman–Crippen LogP) is 0.324. The number of nitrogens with zero attached hydrogens (tertiary/aromatic N) is 2. The highest BCUT2D eigenvalue weighted by Crippen LogP contribution is 2.23. The van der Waals surface area contributed by atoms with Crippen molar-refractivity contribution < 1.29 is 19.1 Å². The van der Waals surface area contributed by atoms with Gasteiger partial charge in [-0.2, -0.15) is 0 Å². The summed E-state index contributed by atoms with van der Waals surface area (Å²) in [6.45, 7) is 1.92. The molecule has 0 bridgehead atoms. The first-order chi connectivity index (χ1) is 10.6. The van der Waals surface area contributed by atoms with Crippen molar-refractivity contribution in [2.75, 3.05) is 38.6 Å². The third-order valence-electron chi connectivity index (χ3n) is 3.51. The van der Waals surface area contributed by atoms with Crippen molar-refractivity contribution >= 4 is 23.9 Å². The summed E-state index contributed by atoms with van der Waals surface area (Å²) in [6, 6.07) is 7.02. The molecule has 0 saturated carbocycles. The second-order valence-corrected chi connectivity index (χ2v) is 4.95. The molecular formula is C15H19N3O4. The van der Waals surface area contributed by atoms with Crippen LogP contribution in [0.5, 0.6) is 5.75 Å². The van der Waals surface area contributed by atoms with Gasteiger partial charge in [0.05, 0.1) is 12.8 Å². The normalized spacial score (nSPS) is 14.4. The van der Waals surface area contributed by atoms with Gasteiger partial charge in [0.1, 0.15) is 12.2 Å². The fourth-order valence-electron chi connectivity index (χ4n) is 2.27. The van der Waals surface area contributed by atoms with Crippen LogP contribution in [0.4, 0.5) is 5.69 Å². The van der Waals surface area contributed by atoms with Crippen molar-refractivity contribution in [1.82, 2.24) is 9.80 Å². The van der Waals surface area contributed by atoms with Crippen molar-refractivity contribution in [3.63, 3.8) is 0 Å². The Morgan fingerprint density at radius 1 is 1.23 bits per heavy atom. The first-order valence-electron chi connectivity index (χ1n) is 7.04. The number of piperazine rings is 1. The van der Waals surface area contributed by atoms with E-state index in [1.165, 1.54) is 7.11 Å². The van der Waals surface area contributed by atoms with E-state index in [1.807, 2.05) is 0 Å². The maximum absolute atomic E-state index is 12.1. The molecule has 0 radical (unpaired) electrons. The molecule has 1 N–H and O–H groups in total. The minimum atomic E-state index is -0.382. The number of hydrogen-bond acceptors (Lipinski definition) is 4. The van der Waals surface area contributed by atoms with Crippen LogP contribution in [0.1, 0.15) is 6.42 Å². The molecule has 3 amide bonds. The summed E-state index contributed by atoms with van der Waals surface area (Å²) in [5, 5.41) is 2.67. The maximum atomic E-state index is 12.1. The molecule has 7 nitrogen and oxygen atoms in total. The third kappa shape index (κ3) is 3.97. The summed E-state index contributed by atoms with van der Waals surface area (Å²) in [5.74, 6) is -0.0758. The Bertz CT molecular complexity index is 553. The molecule has 0 aromatic heterocycles. The number of para-hydroxylation sites is 2. The fraction of sp³-hybridized carbons (Fsp3) is 0.400. The standard InChI is InChI=1S/C15H19N3O4/c1-22-13-5-3-2-4-12(13)16-14(20)10-15(21)18-8-6-17(11-19)7-9-18/h2-5,11H,6-10H2,1H3,(H,16,20). The topological polar surface area (TPSA) is 79.0 Å². The van der Waals surface area contributed by atoms with Gasteiger partial charge in [-0.1, -0.05) is 12.1 Å². The van der Waals surface area contributed by atoms with E-state index in [1.54, 1.807) is 34.1 Å². The average molecular weight is 305 g/mol. The molecule has 1 fully saturated rings. The van der Waals surface area contributed by atoms with Crippen LogP contribution in [0.25, 0.3) is 0 Å². The molecule has 22 heavy (non-hydrogen) atoms. The van der Waals surface area contributed by atoms with Gasteiger partial charge in [0.2, 0.25) is 18.2 Å². The molecular weight excluding hydrogens is 286 g/mol. The van der Waals surface area contributed by atoms with Crippen LogP contribution in [0, 0.1) is 0 Å². The Kier molecular flexibility index (Phi) is 5.35. The molecule has 1 heterocycles.